The molecule has 0 bridgehead atoms. The van der Waals surface area contributed by atoms with Crippen LogP contribution in [0.4, 0.5) is 0 Å². The zero-order valence-electron chi connectivity index (χ0n) is 9.93. The van der Waals surface area contributed by atoms with Crippen molar-refractivity contribution in [3.05, 3.63) is 41.7 Å². The van der Waals surface area contributed by atoms with Gasteiger partial charge in [-0.2, -0.15) is 15.0 Å². The Morgan fingerprint density at radius 2 is 2.29 bits per heavy atom. The smallest absolute Gasteiger partial charge is 0.0969 e. The second-order valence-corrected chi connectivity index (χ2v) is 4.62. The topological polar surface area (TPSA) is 42.7 Å². The summed E-state index contributed by atoms with van der Waals surface area (Å²) >= 11 is 0. The molecule has 3 rings (SSSR count). The summed E-state index contributed by atoms with van der Waals surface area (Å²) in [5.41, 5.74) is 3.23. The van der Waals surface area contributed by atoms with Gasteiger partial charge in [-0.05, 0) is 37.5 Å². The molecule has 1 aliphatic rings. The molecule has 1 aromatic heterocycles. The van der Waals surface area contributed by atoms with Gasteiger partial charge in [-0.1, -0.05) is 12.1 Å². The predicted octanol–water partition coefficient (Wildman–Crippen LogP) is 1.83. The average Bonchev–Trinajstić information content (AvgIpc) is 3.04. The number of hydrogen-bond donors (Lipinski definition) is 1. The molecule has 0 amide bonds. The van der Waals surface area contributed by atoms with Crippen LogP contribution < -0.4 is 5.32 Å². The maximum Gasteiger partial charge on any atom is 0.0969 e. The van der Waals surface area contributed by atoms with Gasteiger partial charge < -0.3 is 5.32 Å². The molecule has 2 aromatic rings. The minimum absolute atomic E-state index is 0.708. The highest BCUT2D eigenvalue weighted by molar-refractivity contribution is 5.33. The van der Waals surface area contributed by atoms with Gasteiger partial charge in [0.05, 0.1) is 17.6 Å². The molecule has 1 heterocycles. The van der Waals surface area contributed by atoms with Crippen molar-refractivity contribution in [2.45, 2.75) is 32.4 Å². The standard InChI is InChI=1S/C13H16N4/c1-10-3-2-4-13(7-10)17-15-9-12(16-17)8-14-11-5-6-11/h2-4,7,9,11,14H,5-6,8H2,1H3. The van der Waals surface area contributed by atoms with E-state index in [9.17, 15) is 0 Å². The van der Waals surface area contributed by atoms with Crippen molar-refractivity contribution in [2.75, 3.05) is 0 Å². The third-order valence-corrected chi connectivity index (χ3v) is 2.92. The zero-order chi connectivity index (χ0) is 11.7. The van der Waals surface area contributed by atoms with Crippen LogP contribution >= 0.6 is 0 Å². The number of aromatic nitrogens is 3. The number of aryl methyl sites for hydroxylation is 1. The van der Waals surface area contributed by atoms with Gasteiger partial charge in [0.25, 0.3) is 0 Å². The minimum Gasteiger partial charge on any atom is -0.308 e. The Morgan fingerprint density at radius 3 is 3.06 bits per heavy atom. The summed E-state index contributed by atoms with van der Waals surface area (Å²) < 4.78 is 0. The third-order valence-electron chi connectivity index (χ3n) is 2.92. The first-order valence-corrected chi connectivity index (χ1v) is 6.03. The molecule has 0 atom stereocenters. The molecule has 1 saturated carbocycles. The number of nitrogens with one attached hydrogen (secondary N) is 1. The molecule has 0 spiro atoms. The lowest BCUT2D eigenvalue weighted by Gasteiger charge is -2.00. The van der Waals surface area contributed by atoms with E-state index in [2.05, 4.69) is 34.6 Å². The van der Waals surface area contributed by atoms with Crippen molar-refractivity contribution in [1.82, 2.24) is 20.3 Å². The maximum atomic E-state index is 4.46. The number of nitrogens with zero attached hydrogens (tertiary/aromatic N) is 3. The zero-order valence-corrected chi connectivity index (χ0v) is 9.93. The molecule has 4 heteroatoms. The fourth-order valence-corrected chi connectivity index (χ4v) is 1.79. The van der Waals surface area contributed by atoms with Crippen molar-refractivity contribution >= 4 is 0 Å². The Hall–Kier alpha value is -1.68. The maximum absolute atomic E-state index is 4.46. The first-order chi connectivity index (χ1) is 8.31. The van der Waals surface area contributed by atoms with E-state index >= 15 is 0 Å². The van der Waals surface area contributed by atoms with Crippen LogP contribution in [0.5, 0.6) is 0 Å². The van der Waals surface area contributed by atoms with E-state index in [1.165, 1.54) is 18.4 Å². The van der Waals surface area contributed by atoms with Crippen LogP contribution in [0.25, 0.3) is 5.69 Å². The first kappa shape index (κ1) is 10.5. The van der Waals surface area contributed by atoms with Crippen LogP contribution in [0.1, 0.15) is 24.1 Å². The third kappa shape index (κ3) is 2.53. The summed E-state index contributed by atoms with van der Waals surface area (Å²) in [6.45, 7) is 2.89. The van der Waals surface area contributed by atoms with Gasteiger partial charge in [0.1, 0.15) is 0 Å². The van der Waals surface area contributed by atoms with Crippen LogP contribution in [0.3, 0.4) is 0 Å². The van der Waals surface area contributed by atoms with Gasteiger partial charge in [0, 0.05) is 12.6 Å². The first-order valence-electron chi connectivity index (χ1n) is 6.03. The van der Waals surface area contributed by atoms with Crippen molar-refractivity contribution < 1.29 is 0 Å². The van der Waals surface area contributed by atoms with Gasteiger partial charge in [-0.25, -0.2) is 0 Å². The molecule has 1 aliphatic carbocycles. The van der Waals surface area contributed by atoms with E-state index in [0.717, 1.165) is 17.9 Å². The molecule has 0 radical (unpaired) electrons. The lowest BCUT2D eigenvalue weighted by Crippen LogP contribution is -2.15. The Kier molecular flexibility index (Phi) is 2.65. The summed E-state index contributed by atoms with van der Waals surface area (Å²) in [7, 11) is 0. The molecule has 17 heavy (non-hydrogen) atoms. The molecule has 0 aliphatic heterocycles. The second-order valence-electron chi connectivity index (χ2n) is 4.62. The van der Waals surface area contributed by atoms with Gasteiger partial charge in [0.2, 0.25) is 0 Å². The lowest BCUT2D eigenvalue weighted by molar-refractivity contribution is 0.658. The molecule has 0 unspecified atom stereocenters. The van der Waals surface area contributed by atoms with Crippen LogP contribution in [-0.4, -0.2) is 21.0 Å². The van der Waals surface area contributed by atoms with E-state index in [0.29, 0.717) is 6.04 Å². The van der Waals surface area contributed by atoms with Crippen LogP contribution in [0.2, 0.25) is 0 Å². The van der Waals surface area contributed by atoms with Crippen molar-refractivity contribution in [3.63, 3.8) is 0 Å². The fourth-order valence-electron chi connectivity index (χ4n) is 1.79. The lowest BCUT2D eigenvalue weighted by atomic mass is 10.2. The molecule has 1 aromatic carbocycles. The van der Waals surface area contributed by atoms with Crippen LogP contribution in [0, 0.1) is 6.92 Å². The molecule has 88 valence electrons. The number of rotatable bonds is 4. The molecular weight excluding hydrogens is 212 g/mol. The Labute approximate surface area is 101 Å². The second kappa shape index (κ2) is 4.30. The number of benzene rings is 1. The van der Waals surface area contributed by atoms with E-state index in [1.807, 2.05) is 18.3 Å². The van der Waals surface area contributed by atoms with E-state index < -0.39 is 0 Å². The molecule has 1 N–H and O–H groups in total. The molecule has 0 saturated heterocycles. The highest BCUT2D eigenvalue weighted by Gasteiger charge is 2.20. The Morgan fingerprint density at radius 1 is 1.41 bits per heavy atom. The highest BCUT2D eigenvalue weighted by Crippen LogP contribution is 2.19. The minimum atomic E-state index is 0.708. The van der Waals surface area contributed by atoms with Gasteiger partial charge in [0.15, 0.2) is 0 Å². The molecular formula is C13H16N4. The normalized spacial score (nSPS) is 15.1. The van der Waals surface area contributed by atoms with Gasteiger partial charge in [-0.3, -0.25) is 0 Å². The molecule has 1 fully saturated rings. The van der Waals surface area contributed by atoms with Crippen LogP contribution in [0.15, 0.2) is 30.5 Å². The van der Waals surface area contributed by atoms with Crippen molar-refractivity contribution in [2.24, 2.45) is 0 Å². The summed E-state index contributed by atoms with van der Waals surface area (Å²) in [4.78, 5) is 1.69. The summed E-state index contributed by atoms with van der Waals surface area (Å²) in [5, 5.41) is 12.2. The summed E-state index contributed by atoms with van der Waals surface area (Å²) in [6.07, 6.45) is 4.43. The van der Waals surface area contributed by atoms with Crippen molar-refractivity contribution in [1.29, 1.82) is 0 Å². The van der Waals surface area contributed by atoms with Crippen molar-refractivity contribution in [3.8, 4) is 5.69 Å². The SMILES string of the molecule is Cc1cccc(-n2ncc(CNC3CC3)n2)c1. The predicted molar refractivity (Wildman–Crippen MR) is 66.0 cm³/mol. The monoisotopic (exact) mass is 228 g/mol. The number of hydrogen-bond acceptors (Lipinski definition) is 3. The van der Waals surface area contributed by atoms with E-state index in [1.54, 1.807) is 4.80 Å². The van der Waals surface area contributed by atoms with Gasteiger partial charge >= 0.3 is 0 Å². The van der Waals surface area contributed by atoms with Crippen LogP contribution in [-0.2, 0) is 6.54 Å². The summed E-state index contributed by atoms with van der Waals surface area (Å²) in [5.74, 6) is 0. The molecule has 4 nitrogen and oxygen atoms in total. The quantitative estimate of drug-likeness (QED) is 0.868. The fraction of sp³-hybridized carbons (Fsp3) is 0.385. The summed E-state index contributed by atoms with van der Waals surface area (Å²) in [6, 6.07) is 8.90. The van der Waals surface area contributed by atoms with E-state index in [-0.39, 0.29) is 0 Å². The Bertz CT molecular complexity index is 514. The van der Waals surface area contributed by atoms with E-state index in [4.69, 9.17) is 0 Å². The largest absolute Gasteiger partial charge is 0.308 e. The highest BCUT2D eigenvalue weighted by atomic mass is 15.5. The Balaban J connectivity index is 1.74. The average molecular weight is 228 g/mol. The van der Waals surface area contributed by atoms with Gasteiger partial charge in [-0.15, -0.1) is 0 Å².